The fraction of sp³-hybridized carbons (Fsp3) is 0.652. The Morgan fingerprint density at radius 1 is 1.16 bits per heavy atom. The van der Waals surface area contributed by atoms with Gasteiger partial charge in [0.15, 0.2) is 0 Å². The van der Waals surface area contributed by atoms with Crippen molar-refractivity contribution in [3.63, 3.8) is 0 Å². The van der Waals surface area contributed by atoms with Crippen molar-refractivity contribution in [3.8, 4) is 0 Å². The topological polar surface area (TPSA) is 104 Å². The Morgan fingerprint density at radius 2 is 1.78 bits per heavy atom. The van der Waals surface area contributed by atoms with Crippen molar-refractivity contribution in [1.29, 1.82) is 0 Å². The first kappa shape index (κ1) is 21.9. The van der Waals surface area contributed by atoms with Crippen LogP contribution in [0.25, 0.3) is 10.2 Å². The molecule has 2 amide bonds. The second-order valence-corrected chi connectivity index (χ2v) is 12.6. The van der Waals surface area contributed by atoms with Crippen molar-refractivity contribution in [2.75, 3.05) is 0 Å². The molecule has 2 aromatic heterocycles. The monoisotopic (exact) mass is 474 g/mol. The molecular formula is C23H30N4O3S2. The van der Waals surface area contributed by atoms with Crippen LogP contribution in [0.3, 0.4) is 0 Å². The second kappa shape index (κ2) is 8.17. The molecule has 0 radical (unpaired) electrons. The maximum atomic E-state index is 13.0. The first-order valence-electron chi connectivity index (χ1n) is 11.4. The van der Waals surface area contributed by atoms with E-state index in [9.17, 15) is 14.4 Å². The molecule has 7 nitrogen and oxygen atoms in total. The Hall–Kier alpha value is -1.87. The minimum Gasteiger partial charge on any atom is -0.309 e. The fourth-order valence-electron chi connectivity index (χ4n) is 6.39. The molecule has 4 saturated carbocycles. The van der Waals surface area contributed by atoms with E-state index in [-0.39, 0.29) is 28.0 Å². The Morgan fingerprint density at radius 3 is 2.41 bits per heavy atom. The number of aromatic nitrogens is 2. The molecule has 9 heteroatoms. The smallest absolute Gasteiger partial charge is 0.259 e. The van der Waals surface area contributed by atoms with Crippen molar-refractivity contribution >= 4 is 45.1 Å². The van der Waals surface area contributed by atoms with Crippen LogP contribution in [0.5, 0.6) is 0 Å². The molecule has 2 aromatic rings. The highest BCUT2D eigenvalue weighted by Crippen LogP contribution is 2.60. The third kappa shape index (κ3) is 3.87. The van der Waals surface area contributed by atoms with Gasteiger partial charge in [0.2, 0.25) is 5.91 Å². The Kier molecular flexibility index (Phi) is 5.60. The lowest BCUT2D eigenvalue weighted by Crippen LogP contribution is -2.57. The van der Waals surface area contributed by atoms with Crippen LogP contribution in [-0.2, 0) is 15.3 Å². The number of hydrazine groups is 1. The van der Waals surface area contributed by atoms with Gasteiger partial charge in [0.25, 0.3) is 11.5 Å². The number of nitrogens with one attached hydrogen (secondary N) is 3. The summed E-state index contributed by atoms with van der Waals surface area (Å²) >= 11 is 2.90. The molecule has 4 fully saturated rings. The van der Waals surface area contributed by atoms with Crippen LogP contribution >= 0.6 is 23.1 Å². The summed E-state index contributed by atoms with van der Waals surface area (Å²) in [6.07, 6.45) is 6.73. The Labute approximate surface area is 195 Å². The SMILES string of the molecule is Cc1sc2nc(CSC(C)C(=O)NNC(=O)C34CC5CC(CC(C5)C3)C4)[nH]c(=O)c2c1C. The van der Waals surface area contributed by atoms with Crippen LogP contribution in [0.15, 0.2) is 4.79 Å². The average Bonchev–Trinajstić information content (AvgIpc) is 3.02. The number of fused-ring (bicyclic) bond motifs is 1. The van der Waals surface area contributed by atoms with Crippen molar-refractivity contribution in [1.82, 2.24) is 20.8 Å². The van der Waals surface area contributed by atoms with Crippen molar-refractivity contribution in [2.45, 2.75) is 70.3 Å². The molecule has 4 aliphatic rings. The van der Waals surface area contributed by atoms with Crippen molar-refractivity contribution in [2.24, 2.45) is 23.2 Å². The third-order valence-electron chi connectivity index (χ3n) is 7.75. The van der Waals surface area contributed by atoms with E-state index < -0.39 is 0 Å². The lowest BCUT2D eigenvalue weighted by molar-refractivity contribution is -0.148. The molecular weight excluding hydrogens is 444 g/mol. The quantitative estimate of drug-likeness (QED) is 0.575. The number of carbonyl (C=O) groups excluding carboxylic acids is 2. The highest BCUT2D eigenvalue weighted by Gasteiger charge is 2.54. The molecule has 0 aromatic carbocycles. The number of hydrogen-bond acceptors (Lipinski definition) is 6. The molecule has 4 bridgehead atoms. The molecule has 172 valence electrons. The van der Waals surface area contributed by atoms with Crippen LogP contribution < -0.4 is 16.4 Å². The fourth-order valence-corrected chi connectivity index (χ4v) is 8.19. The summed E-state index contributed by atoms with van der Waals surface area (Å²) < 4.78 is 0. The zero-order valence-electron chi connectivity index (χ0n) is 18.7. The molecule has 3 N–H and O–H groups in total. The first-order chi connectivity index (χ1) is 15.2. The van der Waals surface area contributed by atoms with Gasteiger partial charge in [-0.1, -0.05) is 0 Å². The first-order valence-corrected chi connectivity index (χ1v) is 13.3. The largest absolute Gasteiger partial charge is 0.309 e. The van der Waals surface area contributed by atoms with Gasteiger partial charge in [-0.25, -0.2) is 4.98 Å². The lowest BCUT2D eigenvalue weighted by Gasteiger charge is -2.55. The van der Waals surface area contributed by atoms with Gasteiger partial charge in [-0.3, -0.25) is 25.2 Å². The van der Waals surface area contributed by atoms with Crippen LogP contribution in [-0.4, -0.2) is 27.0 Å². The number of nitrogens with zero attached hydrogens (tertiary/aromatic N) is 1. The Bertz CT molecular complexity index is 1100. The van der Waals surface area contributed by atoms with E-state index in [0.717, 1.165) is 34.5 Å². The lowest BCUT2D eigenvalue weighted by atomic mass is 9.49. The third-order valence-corrected chi connectivity index (χ3v) is 10.0. The summed E-state index contributed by atoms with van der Waals surface area (Å²) in [6.45, 7) is 5.72. The molecule has 0 spiro atoms. The van der Waals surface area contributed by atoms with Gasteiger partial charge in [0.05, 0.1) is 21.8 Å². The van der Waals surface area contributed by atoms with E-state index in [2.05, 4.69) is 20.8 Å². The number of amides is 2. The zero-order chi connectivity index (χ0) is 22.6. The summed E-state index contributed by atoms with van der Waals surface area (Å²) in [5.41, 5.74) is 5.94. The van der Waals surface area contributed by atoms with Crippen molar-refractivity contribution in [3.05, 3.63) is 26.6 Å². The normalized spacial score (nSPS) is 29.3. The average molecular weight is 475 g/mol. The molecule has 0 saturated heterocycles. The number of carbonyl (C=O) groups is 2. The summed E-state index contributed by atoms with van der Waals surface area (Å²) in [5.74, 6) is 2.77. The predicted molar refractivity (Wildman–Crippen MR) is 127 cm³/mol. The standard InChI is InChI=1S/C23H30N4O3S2/c1-11-12(2)32-21-18(11)20(29)24-17(25-21)10-31-13(3)19(28)26-27-22(30)23-7-14-4-15(8-23)6-16(5-14)9-23/h13-16H,4-10H2,1-3H3,(H,26,28)(H,27,30)(H,24,25,29). The van der Waals surface area contributed by atoms with E-state index in [1.807, 2.05) is 13.8 Å². The van der Waals surface area contributed by atoms with Gasteiger partial charge < -0.3 is 4.98 Å². The van der Waals surface area contributed by atoms with E-state index in [1.165, 1.54) is 42.4 Å². The van der Waals surface area contributed by atoms with Crippen LogP contribution in [0.1, 0.15) is 61.7 Å². The molecule has 32 heavy (non-hydrogen) atoms. The maximum Gasteiger partial charge on any atom is 0.259 e. The molecule has 1 atom stereocenters. The van der Waals surface area contributed by atoms with Crippen LogP contribution in [0, 0.1) is 37.0 Å². The van der Waals surface area contributed by atoms with Gasteiger partial charge in [-0.2, -0.15) is 0 Å². The van der Waals surface area contributed by atoms with Crippen LogP contribution in [0.4, 0.5) is 0 Å². The highest BCUT2D eigenvalue weighted by molar-refractivity contribution is 7.99. The van der Waals surface area contributed by atoms with Gasteiger partial charge >= 0.3 is 0 Å². The minimum atomic E-state index is -0.389. The minimum absolute atomic E-state index is 0.0120. The van der Waals surface area contributed by atoms with Gasteiger partial charge in [0, 0.05) is 4.88 Å². The number of thiophene rings is 1. The second-order valence-electron chi connectivity index (χ2n) is 10.1. The summed E-state index contributed by atoms with van der Waals surface area (Å²) in [7, 11) is 0. The maximum absolute atomic E-state index is 13.0. The molecule has 0 aliphatic heterocycles. The van der Waals surface area contributed by atoms with E-state index in [4.69, 9.17) is 0 Å². The zero-order valence-corrected chi connectivity index (χ0v) is 20.4. The molecule has 1 unspecified atom stereocenters. The summed E-state index contributed by atoms with van der Waals surface area (Å²) in [6, 6.07) is 0. The molecule has 4 aliphatic carbocycles. The van der Waals surface area contributed by atoms with E-state index in [1.54, 1.807) is 6.92 Å². The van der Waals surface area contributed by atoms with E-state index >= 15 is 0 Å². The number of aryl methyl sites for hydroxylation is 2. The Balaban J connectivity index is 1.16. The summed E-state index contributed by atoms with van der Waals surface area (Å²) in [4.78, 5) is 47.3. The highest BCUT2D eigenvalue weighted by atomic mass is 32.2. The van der Waals surface area contributed by atoms with Gasteiger partial charge in [-0.15, -0.1) is 23.1 Å². The van der Waals surface area contributed by atoms with Crippen LogP contribution in [0.2, 0.25) is 0 Å². The van der Waals surface area contributed by atoms with Gasteiger partial charge in [0.1, 0.15) is 10.7 Å². The number of hydrogen-bond donors (Lipinski definition) is 3. The number of H-pyrrole nitrogens is 1. The number of rotatable bonds is 5. The van der Waals surface area contributed by atoms with Gasteiger partial charge in [-0.05, 0) is 82.6 Å². The summed E-state index contributed by atoms with van der Waals surface area (Å²) in [5, 5.41) is 0.263. The number of aromatic amines is 1. The number of thioether (sulfide) groups is 1. The molecule has 2 heterocycles. The van der Waals surface area contributed by atoms with Crippen molar-refractivity contribution < 1.29 is 9.59 Å². The van der Waals surface area contributed by atoms with E-state index in [0.29, 0.717) is 34.7 Å². The molecule has 6 rings (SSSR count). The predicted octanol–water partition coefficient (Wildman–Crippen LogP) is 3.59.